The number of carbonyl (C=O) groups excluding carboxylic acids is 2. The highest BCUT2D eigenvalue weighted by Gasteiger charge is 2.29. The lowest BCUT2D eigenvalue weighted by Gasteiger charge is -2.40. The number of para-hydroxylation sites is 1. The number of aromatic nitrogens is 3. The van der Waals surface area contributed by atoms with Gasteiger partial charge in [0, 0.05) is 43.3 Å². The van der Waals surface area contributed by atoms with Crippen molar-refractivity contribution in [3.05, 3.63) is 54.6 Å². The molecule has 4 rings (SSSR count). The summed E-state index contributed by atoms with van der Waals surface area (Å²) in [5, 5.41) is 9.58. The summed E-state index contributed by atoms with van der Waals surface area (Å²) in [7, 11) is 1.64. The molecule has 2 heterocycles. The second-order valence-electron chi connectivity index (χ2n) is 9.94. The molecule has 0 radical (unpaired) electrons. The molecule has 0 spiro atoms. The third-order valence-corrected chi connectivity index (χ3v) is 8.01. The number of nitrogens with zero attached hydrogens (tertiary/aromatic N) is 5. The van der Waals surface area contributed by atoms with E-state index < -0.39 is 0 Å². The van der Waals surface area contributed by atoms with Crippen LogP contribution in [0.25, 0.3) is 17.1 Å². The average molecular weight is 550 g/mol. The van der Waals surface area contributed by atoms with Crippen LogP contribution in [0.15, 0.2) is 59.8 Å². The number of ether oxygens (including phenoxy) is 1. The van der Waals surface area contributed by atoms with Crippen LogP contribution in [0.1, 0.15) is 52.4 Å². The van der Waals surface area contributed by atoms with Gasteiger partial charge in [-0.25, -0.2) is 0 Å². The van der Waals surface area contributed by atoms with Crippen LogP contribution in [0.4, 0.5) is 0 Å². The lowest BCUT2D eigenvalue weighted by molar-refractivity contribution is -0.141. The molecule has 0 N–H and O–H groups in total. The molecule has 1 unspecified atom stereocenters. The third kappa shape index (κ3) is 7.41. The van der Waals surface area contributed by atoms with Gasteiger partial charge in [0.05, 0.1) is 12.9 Å². The van der Waals surface area contributed by atoms with Crippen molar-refractivity contribution in [1.82, 2.24) is 24.6 Å². The van der Waals surface area contributed by atoms with E-state index in [0.29, 0.717) is 37.0 Å². The number of benzene rings is 2. The van der Waals surface area contributed by atoms with E-state index in [0.717, 1.165) is 29.8 Å². The number of unbranched alkanes of at least 4 members (excludes halogenated alkanes) is 4. The lowest BCUT2D eigenvalue weighted by Crippen LogP contribution is -2.55. The number of hydrogen-bond acceptors (Lipinski definition) is 6. The van der Waals surface area contributed by atoms with Crippen molar-refractivity contribution >= 4 is 23.6 Å². The minimum atomic E-state index is 0.0171. The monoisotopic (exact) mass is 549 g/mol. The van der Waals surface area contributed by atoms with Gasteiger partial charge in [-0.1, -0.05) is 74.7 Å². The van der Waals surface area contributed by atoms with Crippen molar-refractivity contribution in [1.29, 1.82) is 0 Å². The van der Waals surface area contributed by atoms with E-state index in [4.69, 9.17) is 4.74 Å². The minimum absolute atomic E-state index is 0.0171. The Hall–Kier alpha value is -3.33. The van der Waals surface area contributed by atoms with Crippen LogP contribution in [0, 0.1) is 0 Å². The zero-order valence-electron chi connectivity index (χ0n) is 23.2. The van der Waals surface area contributed by atoms with Crippen molar-refractivity contribution in [3.8, 4) is 22.8 Å². The predicted octanol–water partition coefficient (Wildman–Crippen LogP) is 5.45. The lowest BCUT2D eigenvalue weighted by atomic mass is 10.1. The summed E-state index contributed by atoms with van der Waals surface area (Å²) < 4.78 is 7.38. The molecule has 3 aromatic rings. The van der Waals surface area contributed by atoms with E-state index in [1.807, 2.05) is 75.9 Å². The number of thioether (sulfide) groups is 1. The van der Waals surface area contributed by atoms with Crippen LogP contribution in [-0.4, -0.2) is 74.9 Å². The Morgan fingerprint density at radius 3 is 2.51 bits per heavy atom. The SMILES string of the molecule is CCCCCCCC(=O)N1CCN(C(=O)CSc2nnc(-c3cccc(OC)c3)n2-c2ccccc2)CC1C. The molecule has 208 valence electrons. The highest BCUT2D eigenvalue weighted by atomic mass is 32.2. The number of rotatable bonds is 12. The van der Waals surface area contributed by atoms with Gasteiger partial charge in [-0.3, -0.25) is 14.2 Å². The van der Waals surface area contributed by atoms with Gasteiger partial charge >= 0.3 is 0 Å². The third-order valence-electron chi connectivity index (χ3n) is 7.10. The summed E-state index contributed by atoms with van der Waals surface area (Å²) >= 11 is 1.38. The Morgan fingerprint density at radius 2 is 1.77 bits per heavy atom. The van der Waals surface area contributed by atoms with Crippen molar-refractivity contribution < 1.29 is 14.3 Å². The Morgan fingerprint density at radius 1 is 0.974 bits per heavy atom. The molecule has 1 aromatic heterocycles. The summed E-state index contributed by atoms with van der Waals surface area (Å²) in [6, 6.07) is 17.6. The normalized spacial score (nSPS) is 15.4. The van der Waals surface area contributed by atoms with Crippen LogP contribution in [0.5, 0.6) is 5.75 Å². The Labute approximate surface area is 235 Å². The van der Waals surface area contributed by atoms with Crippen LogP contribution in [0.3, 0.4) is 0 Å². The first-order chi connectivity index (χ1) is 19.0. The maximum atomic E-state index is 13.2. The fourth-order valence-electron chi connectivity index (χ4n) is 4.92. The molecule has 8 nitrogen and oxygen atoms in total. The second kappa shape index (κ2) is 14.2. The molecular formula is C30H39N5O3S. The molecule has 1 fully saturated rings. The Balaban J connectivity index is 1.39. The van der Waals surface area contributed by atoms with E-state index in [1.165, 1.54) is 31.0 Å². The van der Waals surface area contributed by atoms with E-state index in [1.54, 1.807) is 7.11 Å². The molecule has 1 aliphatic rings. The number of hydrogen-bond donors (Lipinski definition) is 0. The van der Waals surface area contributed by atoms with Gasteiger partial charge in [0.1, 0.15) is 5.75 Å². The van der Waals surface area contributed by atoms with Crippen LogP contribution < -0.4 is 4.74 Å². The number of piperazine rings is 1. The van der Waals surface area contributed by atoms with Crippen molar-refractivity contribution in [3.63, 3.8) is 0 Å². The number of methoxy groups -OCH3 is 1. The first-order valence-corrected chi connectivity index (χ1v) is 14.9. The molecule has 1 saturated heterocycles. The Bertz CT molecular complexity index is 1230. The zero-order valence-corrected chi connectivity index (χ0v) is 24.0. The molecule has 0 saturated carbocycles. The fraction of sp³-hybridized carbons (Fsp3) is 0.467. The van der Waals surface area contributed by atoms with Crippen molar-refractivity contribution in [2.75, 3.05) is 32.5 Å². The van der Waals surface area contributed by atoms with Crippen LogP contribution in [-0.2, 0) is 9.59 Å². The fourth-order valence-corrected chi connectivity index (χ4v) is 5.77. The van der Waals surface area contributed by atoms with Crippen LogP contribution in [0.2, 0.25) is 0 Å². The highest BCUT2D eigenvalue weighted by Crippen LogP contribution is 2.30. The quantitative estimate of drug-likeness (QED) is 0.221. The molecule has 39 heavy (non-hydrogen) atoms. The molecule has 1 atom stereocenters. The van der Waals surface area contributed by atoms with Gasteiger partial charge in [0.2, 0.25) is 11.8 Å². The molecule has 2 amide bonds. The van der Waals surface area contributed by atoms with Gasteiger partial charge < -0.3 is 14.5 Å². The van der Waals surface area contributed by atoms with Gasteiger partial charge in [0.25, 0.3) is 0 Å². The van der Waals surface area contributed by atoms with Crippen molar-refractivity contribution in [2.24, 2.45) is 0 Å². The number of amides is 2. The first kappa shape index (κ1) is 28.7. The van der Waals surface area contributed by atoms with E-state index in [2.05, 4.69) is 17.1 Å². The molecule has 9 heteroatoms. The van der Waals surface area contributed by atoms with Gasteiger partial charge in [-0.2, -0.15) is 0 Å². The molecule has 0 bridgehead atoms. The van der Waals surface area contributed by atoms with E-state index >= 15 is 0 Å². The Kier molecular flexibility index (Phi) is 10.4. The largest absolute Gasteiger partial charge is 0.497 e. The maximum absolute atomic E-state index is 13.2. The highest BCUT2D eigenvalue weighted by molar-refractivity contribution is 7.99. The maximum Gasteiger partial charge on any atom is 0.233 e. The standard InChI is InChI=1S/C30H39N5O3S/c1-4-5-6-7-11-17-27(36)34-19-18-33(21-23(34)2)28(37)22-39-30-32-31-29(24-13-12-16-26(20-24)38-3)35(30)25-14-9-8-10-15-25/h8-10,12-16,20,23H,4-7,11,17-19,21-22H2,1-3H3. The second-order valence-corrected chi connectivity index (χ2v) is 10.9. The zero-order chi connectivity index (χ0) is 27.6. The molecule has 1 aliphatic heterocycles. The summed E-state index contributed by atoms with van der Waals surface area (Å²) in [4.78, 5) is 29.8. The molecular weight excluding hydrogens is 510 g/mol. The van der Waals surface area contributed by atoms with Crippen molar-refractivity contribution in [2.45, 2.75) is 63.6 Å². The van der Waals surface area contributed by atoms with Crippen LogP contribution >= 0.6 is 11.8 Å². The molecule has 2 aromatic carbocycles. The van der Waals surface area contributed by atoms with E-state index in [-0.39, 0.29) is 23.6 Å². The predicted molar refractivity (Wildman–Crippen MR) is 155 cm³/mol. The van der Waals surface area contributed by atoms with Gasteiger partial charge in [-0.15, -0.1) is 10.2 Å². The van der Waals surface area contributed by atoms with E-state index in [9.17, 15) is 9.59 Å². The molecule has 0 aliphatic carbocycles. The minimum Gasteiger partial charge on any atom is -0.497 e. The topological polar surface area (TPSA) is 80.6 Å². The summed E-state index contributed by atoms with van der Waals surface area (Å²) in [6.45, 7) is 5.94. The summed E-state index contributed by atoms with van der Waals surface area (Å²) in [5.41, 5.74) is 1.80. The number of carbonyl (C=O) groups is 2. The summed E-state index contributed by atoms with van der Waals surface area (Å²) in [6.07, 6.45) is 6.28. The van der Waals surface area contributed by atoms with Gasteiger partial charge in [-0.05, 0) is 37.6 Å². The average Bonchev–Trinajstić information content (AvgIpc) is 3.40. The smallest absolute Gasteiger partial charge is 0.233 e. The first-order valence-electron chi connectivity index (χ1n) is 13.9. The van der Waals surface area contributed by atoms with Gasteiger partial charge in [0.15, 0.2) is 11.0 Å². The summed E-state index contributed by atoms with van der Waals surface area (Å²) in [5.74, 6) is 1.93.